The zero-order valence-electron chi connectivity index (χ0n) is 8.01. The molecule has 0 saturated carbocycles. The van der Waals surface area contributed by atoms with Crippen LogP contribution in [0.1, 0.15) is 12.5 Å². The van der Waals surface area contributed by atoms with Crippen LogP contribution in [-0.2, 0) is 9.53 Å². The van der Waals surface area contributed by atoms with Gasteiger partial charge in [-0.15, -0.1) is 0 Å². The first-order chi connectivity index (χ1) is 6.81. The molecule has 0 aromatic carbocycles. The van der Waals surface area contributed by atoms with Crippen LogP contribution in [0.3, 0.4) is 0 Å². The first-order valence-electron chi connectivity index (χ1n) is 4.60. The van der Waals surface area contributed by atoms with E-state index in [0.717, 1.165) is 13.0 Å². The molecule has 0 radical (unpaired) electrons. The molecule has 1 aliphatic rings. The molecule has 5 nitrogen and oxygen atoms in total. The number of ether oxygens (including phenoxy) is 1. The monoisotopic (exact) mass is 195 g/mol. The van der Waals surface area contributed by atoms with Gasteiger partial charge in [-0.05, 0) is 6.42 Å². The molecule has 2 rings (SSSR count). The summed E-state index contributed by atoms with van der Waals surface area (Å²) in [6.07, 6.45) is 6.19. The molecule has 0 bridgehead atoms. The molecule has 0 spiro atoms. The Labute approximate surface area is 82.1 Å². The zero-order valence-corrected chi connectivity index (χ0v) is 8.01. The Balaban J connectivity index is 1.98. The molecule has 2 heterocycles. The summed E-state index contributed by atoms with van der Waals surface area (Å²) >= 11 is 0. The highest BCUT2D eigenvalue weighted by Gasteiger charge is 2.30. The van der Waals surface area contributed by atoms with Gasteiger partial charge in [-0.3, -0.25) is 4.79 Å². The number of imidazole rings is 1. The van der Waals surface area contributed by atoms with E-state index in [1.807, 2.05) is 10.8 Å². The van der Waals surface area contributed by atoms with E-state index in [0.29, 0.717) is 6.04 Å². The van der Waals surface area contributed by atoms with E-state index >= 15 is 0 Å². The second-order valence-electron chi connectivity index (χ2n) is 3.38. The van der Waals surface area contributed by atoms with E-state index in [-0.39, 0.29) is 12.0 Å². The smallest absolute Gasteiger partial charge is 0.322 e. The van der Waals surface area contributed by atoms with Gasteiger partial charge in [0, 0.05) is 25.0 Å². The Morgan fingerprint density at radius 1 is 1.71 bits per heavy atom. The summed E-state index contributed by atoms with van der Waals surface area (Å²) in [6, 6.07) is 0.133. The van der Waals surface area contributed by atoms with Gasteiger partial charge >= 0.3 is 5.97 Å². The molecule has 1 aromatic rings. The summed E-state index contributed by atoms with van der Waals surface area (Å²) in [6.45, 7) is 0.788. The van der Waals surface area contributed by atoms with Crippen molar-refractivity contribution in [2.75, 3.05) is 13.7 Å². The molecule has 2 unspecified atom stereocenters. The maximum atomic E-state index is 11.2. The van der Waals surface area contributed by atoms with Gasteiger partial charge in [0.25, 0.3) is 0 Å². The van der Waals surface area contributed by atoms with E-state index in [4.69, 9.17) is 0 Å². The molecule has 1 aliphatic heterocycles. The van der Waals surface area contributed by atoms with Crippen molar-refractivity contribution in [3.63, 3.8) is 0 Å². The van der Waals surface area contributed by atoms with Gasteiger partial charge in [0.1, 0.15) is 6.04 Å². The number of carbonyl (C=O) groups excluding carboxylic acids is 1. The van der Waals surface area contributed by atoms with Crippen molar-refractivity contribution >= 4 is 5.97 Å². The van der Waals surface area contributed by atoms with E-state index < -0.39 is 0 Å². The summed E-state index contributed by atoms with van der Waals surface area (Å²) in [5.74, 6) is -0.187. The molecule has 2 atom stereocenters. The van der Waals surface area contributed by atoms with Gasteiger partial charge in [-0.2, -0.15) is 0 Å². The summed E-state index contributed by atoms with van der Waals surface area (Å²) in [4.78, 5) is 15.2. The molecule has 0 amide bonds. The van der Waals surface area contributed by atoms with Crippen molar-refractivity contribution in [3.8, 4) is 0 Å². The van der Waals surface area contributed by atoms with Crippen LogP contribution in [0.2, 0.25) is 0 Å². The van der Waals surface area contributed by atoms with Crippen LogP contribution in [0.15, 0.2) is 18.7 Å². The fourth-order valence-electron chi connectivity index (χ4n) is 1.75. The maximum absolute atomic E-state index is 11.2. The van der Waals surface area contributed by atoms with Gasteiger partial charge in [0.2, 0.25) is 0 Å². The third kappa shape index (κ3) is 1.63. The predicted octanol–water partition coefficient (Wildman–Crippen LogP) is -0.0409. The van der Waals surface area contributed by atoms with Crippen molar-refractivity contribution < 1.29 is 9.53 Å². The van der Waals surface area contributed by atoms with Gasteiger partial charge in [0.15, 0.2) is 0 Å². The maximum Gasteiger partial charge on any atom is 0.322 e. The molecule has 0 aliphatic carbocycles. The third-order valence-electron chi connectivity index (χ3n) is 2.54. The number of nitrogens with zero attached hydrogens (tertiary/aromatic N) is 2. The van der Waals surface area contributed by atoms with Crippen molar-refractivity contribution in [2.45, 2.75) is 18.5 Å². The van der Waals surface area contributed by atoms with E-state index in [1.165, 1.54) is 7.11 Å². The minimum atomic E-state index is -0.187. The van der Waals surface area contributed by atoms with E-state index in [2.05, 4.69) is 15.0 Å². The lowest BCUT2D eigenvalue weighted by molar-refractivity contribution is -0.142. The Bertz CT molecular complexity index is 310. The number of methoxy groups -OCH3 is 1. The number of esters is 1. The van der Waals surface area contributed by atoms with Crippen molar-refractivity contribution in [1.29, 1.82) is 0 Å². The quantitative estimate of drug-likeness (QED) is 0.673. The van der Waals surface area contributed by atoms with Crippen LogP contribution in [-0.4, -0.2) is 35.2 Å². The van der Waals surface area contributed by atoms with E-state index in [9.17, 15) is 4.79 Å². The molecule has 1 aromatic heterocycles. The summed E-state index contributed by atoms with van der Waals surface area (Å²) in [7, 11) is 1.41. The largest absolute Gasteiger partial charge is 0.468 e. The fourth-order valence-corrected chi connectivity index (χ4v) is 1.75. The van der Waals surface area contributed by atoms with Crippen LogP contribution in [0.4, 0.5) is 0 Å². The summed E-state index contributed by atoms with van der Waals surface area (Å²) in [5.41, 5.74) is 0. The third-order valence-corrected chi connectivity index (χ3v) is 2.54. The highest BCUT2D eigenvalue weighted by Crippen LogP contribution is 2.19. The first-order valence-corrected chi connectivity index (χ1v) is 4.60. The van der Waals surface area contributed by atoms with Crippen LogP contribution in [0, 0.1) is 0 Å². The van der Waals surface area contributed by atoms with Crippen molar-refractivity contribution in [3.05, 3.63) is 18.7 Å². The number of rotatable bonds is 2. The highest BCUT2D eigenvalue weighted by atomic mass is 16.5. The Morgan fingerprint density at radius 2 is 2.57 bits per heavy atom. The van der Waals surface area contributed by atoms with Gasteiger partial charge < -0.3 is 14.6 Å². The minimum Gasteiger partial charge on any atom is -0.468 e. The predicted molar refractivity (Wildman–Crippen MR) is 49.7 cm³/mol. The van der Waals surface area contributed by atoms with Gasteiger partial charge in [-0.25, -0.2) is 4.98 Å². The second-order valence-corrected chi connectivity index (χ2v) is 3.38. The number of hydrogen-bond acceptors (Lipinski definition) is 4. The molecule has 5 heteroatoms. The van der Waals surface area contributed by atoms with E-state index in [1.54, 1.807) is 12.5 Å². The molecule has 1 saturated heterocycles. The lowest BCUT2D eigenvalue weighted by Crippen LogP contribution is -2.31. The average molecular weight is 195 g/mol. The zero-order chi connectivity index (χ0) is 9.97. The van der Waals surface area contributed by atoms with Crippen LogP contribution in [0.5, 0.6) is 0 Å². The topological polar surface area (TPSA) is 56.2 Å². The SMILES string of the molecule is COC(=O)C1CC(n2ccnc2)CN1. The van der Waals surface area contributed by atoms with Gasteiger partial charge in [0.05, 0.1) is 13.4 Å². The molecule has 76 valence electrons. The number of aromatic nitrogens is 2. The molecule has 1 fully saturated rings. The van der Waals surface area contributed by atoms with Crippen LogP contribution < -0.4 is 5.32 Å². The average Bonchev–Trinajstić information content (AvgIpc) is 2.86. The van der Waals surface area contributed by atoms with Crippen LogP contribution in [0.25, 0.3) is 0 Å². The lowest BCUT2D eigenvalue weighted by Gasteiger charge is -2.09. The lowest BCUT2D eigenvalue weighted by atomic mass is 10.2. The number of hydrogen-bond donors (Lipinski definition) is 1. The van der Waals surface area contributed by atoms with Crippen molar-refractivity contribution in [2.24, 2.45) is 0 Å². The molecule has 14 heavy (non-hydrogen) atoms. The molecule has 1 N–H and O–H groups in total. The number of carbonyl (C=O) groups is 1. The second kappa shape index (κ2) is 3.79. The summed E-state index contributed by atoms with van der Waals surface area (Å²) < 4.78 is 6.68. The van der Waals surface area contributed by atoms with Crippen molar-refractivity contribution in [1.82, 2.24) is 14.9 Å². The first kappa shape index (κ1) is 9.21. The fraction of sp³-hybridized carbons (Fsp3) is 0.556. The Morgan fingerprint density at radius 3 is 3.21 bits per heavy atom. The minimum absolute atomic E-state index is 0.174. The summed E-state index contributed by atoms with van der Waals surface area (Å²) in [5, 5.41) is 3.12. The standard InChI is InChI=1S/C9H13N3O2/c1-14-9(13)8-4-7(5-11-8)12-3-2-10-6-12/h2-3,6-8,11H,4-5H2,1H3. The van der Waals surface area contributed by atoms with Crippen LogP contribution >= 0.6 is 0 Å². The molecular weight excluding hydrogens is 182 g/mol. The number of nitrogens with one attached hydrogen (secondary N) is 1. The highest BCUT2D eigenvalue weighted by molar-refractivity contribution is 5.76. The van der Waals surface area contributed by atoms with Gasteiger partial charge in [-0.1, -0.05) is 0 Å². The normalized spacial score (nSPS) is 26.4. The molecular formula is C9H13N3O2. The Kier molecular flexibility index (Phi) is 2.49. The Hall–Kier alpha value is -1.36.